The number of benzene rings is 2. The Balaban J connectivity index is 2.14. The van der Waals surface area contributed by atoms with E-state index < -0.39 is 0 Å². The van der Waals surface area contributed by atoms with Gasteiger partial charge < -0.3 is 5.32 Å². The van der Waals surface area contributed by atoms with Crippen LogP contribution in [0.3, 0.4) is 0 Å². The maximum atomic E-state index is 12.2. The largest absolute Gasteiger partial charge is 0.322 e. The standard InChI is InChI=1S/C18H21NO/c1-13-6-5-7-16(12-13)19-17(20)14-8-10-15(11-9-14)18(2,3)4/h5-12H,1-4H3,(H,19,20). The van der Waals surface area contributed by atoms with Gasteiger partial charge in [-0.15, -0.1) is 0 Å². The van der Waals surface area contributed by atoms with E-state index in [0.717, 1.165) is 11.3 Å². The van der Waals surface area contributed by atoms with Gasteiger partial charge in [-0.25, -0.2) is 0 Å². The molecule has 0 saturated heterocycles. The summed E-state index contributed by atoms with van der Waals surface area (Å²) in [6.45, 7) is 8.49. The third-order valence-corrected chi connectivity index (χ3v) is 3.29. The lowest BCUT2D eigenvalue weighted by Gasteiger charge is -2.19. The van der Waals surface area contributed by atoms with E-state index in [1.54, 1.807) is 0 Å². The number of rotatable bonds is 2. The van der Waals surface area contributed by atoms with Crippen LogP contribution in [0.25, 0.3) is 0 Å². The van der Waals surface area contributed by atoms with Gasteiger partial charge in [-0.05, 0) is 47.7 Å². The Kier molecular flexibility index (Phi) is 3.93. The van der Waals surface area contributed by atoms with Crippen LogP contribution in [0.1, 0.15) is 42.3 Å². The van der Waals surface area contributed by atoms with Gasteiger partial charge in [0.2, 0.25) is 0 Å². The summed E-state index contributed by atoms with van der Waals surface area (Å²) in [5, 5.41) is 2.92. The molecule has 0 fully saturated rings. The Bertz CT molecular complexity index is 606. The molecule has 0 aliphatic carbocycles. The number of aryl methyl sites for hydroxylation is 1. The normalized spacial score (nSPS) is 11.2. The molecule has 0 saturated carbocycles. The minimum atomic E-state index is -0.0731. The van der Waals surface area contributed by atoms with Gasteiger partial charge in [0.05, 0.1) is 0 Å². The number of amides is 1. The highest BCUT2D eigenvalue weighted by Gasteiger charge is 2.14. The van der Waals surface area contributed by atoms with Crippen molar-refractivity contribution in [2.75, 3.05) is 5.32 Å². The fourth-order valence-corrected chi connectivity index (χ4v) is 2.05. The first kappa shape index (κ1) is 14.3. The van der Waals surface area contributed by atoms with Crippen molar-refractivity contribution in [3.05, 3.63) is 65.2 Å². The molecule has 1 amide bonds. The predicted octanol–water partition coefficient (Wildman–Crippen LogP) is 4.54. The Labute approximate surface area is 120 Å². The zero-order valence-electron chi connectivity index (χ0n) is 12.5. The van der Waals surface area contributed by atoms with Crippen molar-refractivity contribution in [3.8, 4) is 0 Å². The van der Waals surface area contributed by atoms with E-state index in [-0.39, 0.29) is 11.3 Å². The topological polar surface area (TPSA) is 29.1 Å². The smallest absolute Gasteiger partial charge is 0.255 e. The van der Waals surface area contributed by atoms with Gasteiger partial charge >= 0.3 is 0 Å². The van der Waals surface area contributed by atoms with E-state index in [1.807, 2.05) is 55.5 Å². The molecule has 0 radical (unpaired) electrons. The van der Waals surface area contributed by atoms with Crippen LogP contribution >= 0.6 is 0 Å². The van der Waals surface area contributed by atoms with Gasteiger partial charge in [-0.1, -0.05) is 45.0 Å². The molecule has 1 N–H and O–H groups in total. The van der Waals surface area contributed by atoms with Crippen LogP contribution in [0.15, 0.2) is 48.5 Å². The number of carbonyl (C=O) groups excluding carboxylic acids is 1. The quantitative estimate of drug-likeness (QED) is 0.850. The lowest BCUT2D eigenvalue weighted by molar-refractivity contribution is 0.102. The number of hydrogen-bond donors (Lipinski definition) is 1. The van der Waals surface area contributed by atoms with E-state index in [0.29, 0.717) is 5.56 Å². The van der Waals surface area contributed by atoms with Crippen molar-refractivity contribution >= 4 is 11.6 Å². The number of carbonyl (C=O) groups is 1. The summed E-state index contributed by atoms with van der Waals surface area (Å²) in [6.07, 6.45) is 0. The summed E-state index contributed by atoms with van der Waals surface area (Å²) in [6, 6.07) is 15.6. The van der Waals surface area contributed by atoms with Crippen molar-refractivity contribution in [3.63, 3.8) is 0 Å². The molecule has 2 rings (SSSR count). The van der Waals surface area contributed by atoms with Crippen molar-refractivity contribution in [1.82, 2.24) is 0 Å². The molecule has 2 aromatic carbocycles. The van der Waals surface area contributed by atoms with Crippen LogP contribution < -0.4 is 5.32 Å². The van der Waals surface area contributed by atoms with Crippen LogP contribution in [0.4, 0.5) is 5.69 Å². The van der Waals surface area contributed by atoms with Gasteiger partial charge in [0.1, 0.15) is 0 Å². The first-order chi connectivity index (χ1) is 9.36. The highest BCUT2D eigenvalue weighted by molar-refractivity contribution is 6.04. The first-order valence-electron chi connectivity index (χ1n) is 6.85. The van der Waals surface area contributed by atoms with Gasteiger partial charge in [0.15, 0.2) is 0 Å². The molecule has 2 aromatic rings. The summed E-state index contributed by atoms with van der Waals surface area (Å²) < 4.78 is 0. The van der Waals surface area contributed by atoms with Crippen LogP contribution in [-0.4, -0.2) is 5.91 Å². The Hall–Kier alpha value is -2.09. The van der Waals surface area contributed by atoms with Crippen molar-refractivity contribution in [2.45, 2.75) is 33.1 Å². The molecular weight excluding hydrogens is 246 g/mol. The molecule has 0 heterocycles. The second kappa shape index (κ2) is 5.49. The number of hydrogen-bond acceptors (Lipinski definition) is 1. The Morgan fingerprint density at radius 3 is 2.20 bits per heavy atom. The molecule has 0 atom stereocenters. The number of nitrogens with one attached hydrogen (secondary N) is 1. The molecule has 20 heavy (non-hydrogen) atoms. The highest BCUT2D eigenvalue weighted by Crippen LogP contribution is 2.22. The molecule has 104 valence electrons. The Morgan fingerprint density at radius 2 is 1.65 bits per heavy atom. The summed E-state index contributed by atoms with van der Waals surface area (Å²) in [5.41, 5.74) is 3.97. The monoisotopic (exact) mass is 267 g/mol. The minimum absolute atomic E-state index is 0.0731. The summed E-state index contributed by atoms with van der Waals surface area (Å²) in [4.78, 5) is 12.2. The molecule has 2 nitrogen and oxygen atoms in total. The van der Waals surface area contributed by atoms with E-state index in [9.17, 15) is 4.79 Å². The van der Waals surface area contributed by atoms with Crippen LogP contribution in [0.5, 0.6) is 0 Å². The Morgan fingerprint density at radius 1 is 1.00 bits per heavy atom. The van der Waals surface area contributed by atoms with Gasteiger partial charge in [-0.2, -0.15) is 0 Å². The van der Waals surface area contributed by atoms with E-state index in [2.05, 4.69) is 26.1 Å². The average Bonchev–Trinajstić information content (AvgIpc) is 2.38. The summed E-state index contributed by atoms with van der Waals surface area (Å²) in [7, 11) is 0. The zero-order valence-corrected chi connectivity index (χ0v) is 12.5. The third kappa shape index (κ3) is 3.47. The van der Waals surface area contributed by atoms with E-state index >= 15 is 0 Å². The number of anilines is 1. The van der Waals surface area contributed by atoms with Crippen LogP contribution in [0, 0.1) is 6.92 Å². The molecule has 2 heteroatoms. The van der Waals surface area contributed by atoms with Gasteiger partial charge in [0.25, 0.3) is 5.91 Å². The second-order valence-electron chi connectivity index (χ2n) is 6.15. The molecule has 0 aromatic heterocycles. The molecule has 0 aliphatic heterocycles. The average molecular weight is 267 g/mol. The van der Waals surface area contributed by atoms with E-state index in [4.69, 9.17) is 0 Å². The molecule has 0 aliphatic rings. The molecule has 0 unspecified atom stereocenters. The SMILES string of the molecule is Cc1cccc(NC(=O)c2ccc(C(C)(C)C)cc2)c1. The van der Waals surface area contributed by atoms with Crippen molar-refractivity contribution < 1.29 is 4.79 Å². The first-order valence-corrected chi connectivity index (χ1v) is 6.85. The molecule has 0 bridgehead atoms. The fourth-order valence-electron chi connectivity index (χ4n) is 2.05. The maximum Gasteiger partial charge on any atom is 0.255 e. The van der Waals surface area contributed by atoms with Crippen molar-refractivity contribution in [2.24, 2.45) is 0 Å². The molecular formula is C18H21NO. The minimum Gasteiger partial charge on any atom is -0.322 e. The maximum absolute atomic E-state index is 12.2. The van der Waals surface area contributed by atoms with Gasteiger partial charge in [0, 0.05) is 11.3 Å². The molecule has 0 spiro atoms. The fraction of sp³-hybridized carbons (Fsp3) is 0.278. The lowest BCUT2D eigenvalue weighted by Crippen LogP contribution is -2.14. The zero-order chi connectivity index (χ0) is 14.8. The second-order valence-corrected chi connectivity index (χ2v) is 6.15. The summed E-state index contributed by atoms with van der Waals surface area (Å²) in [5.74, 6) is -0.0731. The van der Waals surface area contributed by atoms with Gasteiger partial charge in [-0.3, -0.25) is 4.79 Å². The van der Waals surface area contributed by atoms with Crippen LogP contribution in [0.2, 0.25) is 0 Å². The summed E-state index contributed by atoms with van der Waals surface area (Å²) >= 11 is 0. The third-order valence-electron chi connectivity index (χ3n) is 3.29. The van der Waals surface area contributed by atoms with Crippen molar-refractivity contribution in [1.29, 1.82) is 0 Å². The van der Waals surface area contributed by atoms with E-state index in [1.165, 1.54) is 5.56 Å². The highest BCUT2D eigenvalue weighted by atomic mass is 16.1. The predicted molar refractivity (Wildman–Crippen MR) is 84.3 cm³/mol. The van der Waals surface area contributed by atoms with Crippen LogP contribution in [-0.2, 0) is 5.41 Å². The lowest BCUT2D eigenvalue weighted by atomic mass is 9.87.